The molecule has 0 N–H and O–H groups in total. The largest absolute Gasteiger partial charge is 0.297 e. The highest BCUT2D eigenvalue weighted by atomic mass is 32.1. The van der Waals surface area contributed by atoms with Gasteiger partial charge in [0.05, 0.1) is 12.6 Å². The summed E-state index contributed by atoms with van der Waals surface area (Å²) in [6.07, 6.45) is 1.07. The van der Waals surface area contributed by atoms with E-state index in [4.69, 9.17) is 0 Å². The zero-order valence-electron chi connectivity index (χ0n) is 17.3. The predicted octanol–water partition coefficient (Wildman–Crippen LogP) is 3.69. The van der Waals surface area contributed by atoms with Gasteiger partial charge in [0.2, 0.25) is 0 Å². The van der Waals surface area contributed by atoms with Crippen LogP contribution in [0.1, 0.15) is 42.6 Å². The van der Waals surface area contributed by atoms with E-state index in [0.717, 1.165) is 51.5 Å². The van der Waals surface area contributed by atoms with Gasteiger partial charge in [-0.15, -0.1) is 16.4 Å². The molecule has 0 saturated carbocycles. The maximum Gasteiger partial charge on any atom is 0.168 e. The summed E-state index contributed by atoms with van der Waals surface area (Å²) in [6, 6.07) is 15.3. The van der Waals surface area contributed by atoms with Gasteiger partial charge in [-0.1, -0.05) is 50.2 Å². The fourth-order valence-electron chi connectivity index (χ4n) is 4.05. The van der Waals surface area contributed by atoms with Gasteiger partial charge in [-0.3, -0.25) is 9.80 Å². The van der Waals surface area contributed by atoms with E-state index >= 15 is 0 Å². The molecule has 1 fully saturated rings. The lowest BCUT2D eigenvalue weighted by molar-refractivity contribution is 0.0770. The molecular formula is C22H30N6S. The highest BCUT2D eigenvalue weighted by Gasteiger charge is 2.29. The number of aromatic nitrogens is 4. The highest BCUT2D eigenvalue weighted by Crippen LogP contribution is 2.28. The van der Waals surface area contributed by atoms with Crippen molar-refractivity contribution in [3.8, 4) is 0 Å². The summed E-state index contributed by atoms with van der Waals surface area (Å²) < 4.78 is 2.00. The Hall–Kier alpha value is -2.09. The van der Waals surface area contributed by atoms with E-state index in [0.29, 0.717) is 5.92 Å². The molecule has 1 atom stereocenters. The van der Waals surface area contributed by atoms with Crippen LogP contribution in [0.3, 0.4) is 0 Å². The number of hydrogen-bond donors (Lipinski definition) is 0. The van der Waals surface area contributed by atoms with Crippen LogP contribution in [-0.4, -0.2) is 56.2 Å². The molecule has 0 amide bonds. The summed E-state index contributed by atoms with van der Waals surface area (Å²) in [5.74, 6) is 1.60. The van der Waals surface area contributed by atoms with Gasteiger partial charge in [-0.2, -0.15) is 0 Å². The molecule has 0 bridgehead atoms. The number of tetrazole rings is 1. The average molecular weight is 411 g/mol. The number of thiophene rings is 1. The van der Waals surface area contributed by atoms with Crippen molar-refractivity contribution in [1.82, 2.24) is 30.0 Å². The molecular weight excluding hydrogens is 380 g/mol. The normalized spacial score (nSPS) is 17.1. The van der Waals surface area contributed by atoms with Crippen LogP contribution in [0.15, 0.2) is 47.8 Å². The first-order valence-electron chi connectivity index (χ1n) is 10.5. The molecule has 1 aliphatic heterocycles. The SMILES string of the molecule is CC(C)CC(c1nnnn1Cc1cccs1)N1CCN(Cc2ccccc2)CC1. The van der Waals surface area contributed by atoms with E-state index in [-0.39, 0.29) is 6.04 Å². The summed E-state index contributed by atoms with van der Waals surface area (Å²) in [4.78, 5) is 6.42. The molecule has 7 heteroatoms. The zero-order valence-corrected chi connectivity index (χ0v) is 18.1. The van der Waals surface area contributed by atoms with Gasteiger partial charge in [0.15, 0.2) is 5.82 Å². The summed E-state index contributed by atoms with van der Waals surface area (Å²) >= 11 is 1.76. The Bertz CT molecular complexity index is 853. The van der Waals surface area contributed by atoms with Gasteiger partial charge >= 0.3 is 0 Å². The van der Waals surface area contributed by atoms with Crippen molar-refractivity contribution in [3.05, 3.63) is 64.1 Å². The first-order valence-corrected chi connectivity index (χ1v) is 11.4. The molecule has 1 aromatic carbocycles. The second-order valence-corrected chi connectivity index (χ2v) is 9.25. The minimum absolute atomic E-state index is 0.267. The molecule has 0 spiro atoms. The molecule has 4 rings (SSSR count). The van der Waals surface area contributed by atoms with Crippen LogP contribution in [0.2, 0.25) is 0 Å². The Kier molecular flexibility index (Phi) is 6.69. The molecule has 3 heterocycles. The van der Waals surface area contributed by atoms with E-state index in [1.165, 1.54) is 10.4 Å². The fourth-order valence-corrected chi connectivity index (χ4v) is 4.74. The van der Waals surface area contributed by atoms with Crippen LogP contribution in [0.4, 0.5) is 0 Å². The first kappa shape index (κ1) is 20.2. The van der Waals surface area contributed by atoms with Crippen LogP contribution in [0, 0.1) is 5.92 Å². The van der Waals surface area contributed by atoms with Gasteiger partial charge < -0.3 is 0 Å². The number of piperazine rings is 1. The first-order chi connectivity index (χ1) is 14.2. The summed E-state index contributed by atoms with van der Waals surface area (Å²) in [7, 11) is 0. The third-order valence-electron chi connectivity index (χ3n) is 5.53. The predicted molar refractivity (Wildman–Crippen MR) is 117 cm³/mol. The third kappa shape index (κ3) is 5.29. The molecule has 1 saturated heterocycles. The summed E-state index contributed by atoms with van der Waals surface area (Å²) in [5.41, 5.74) is 1.39. The summed E-state index contributed by atoms with van der Waals surface area (Å²) in [6.45, 7) is 10.6. The van der Waals surface area contributed by atoms with Crippen molar-refractivity contribution in [1.29, 1.82) is 0 Å². The monoisotopic (exact) mass is 410 g/mol. The zero-order chi connectivity index (χ0) is 20.1. The Morgan fingerprint density at radius 2 is 1.76 bits per heavy atom. The molecule has 3 aromatic rings. The molecule has 0 radical (unpaired) electrons. The molecule has 1 aliphatic rings. The van der Waals surface area contributed by atoms with Gasteiger partial charge in [0, 0.05) is 37.6 Å². The van der Waals surface area contributed by atoms with E-state index in [9.17, 15) is 0 Å². The number of nitrogens with zero attached hydrogens (tertiary/aromatic N) is 6. The van der Waals surface area contributed by atoms with Crippen LogP contribution in [0.5, 0.6) is 0 Å². The molecule has 0 aliphatic carbocycles. The fraction of sp³-hybridized carbons (Fsp3) is 0.500. The van der Waals surface area contributed by atoms with E-state index in [1.807, 2.05) is 4.68 Å². The lowest BCUT2D eigenvalue weighted by atomic mass is 10.0. The number of benzene rings is 1. The van der Waals surface area contributed by atoms with Crippen molar-refractivity contribution in [3.63, 3.8) is 0 Å². The van der Waals surface area contributed by atoms with Gasteiger partial charge in [-0.25, -0.2) is 4.68 Å². The second-order valence-electron chi connectivity index (χ2n) is 8.22. The minimum atomic E-state index is 0.267. The maximum absolute atomic E-state index is 4.46. The maximum atomic E-state index is 4.46. The Labute approximate surface area is 177 Å². The molecule has 1 unspecified atom stereocenters. The Morgan fingerprint density at radius 3 is 2.45 bits per heavy atom. The van der Waals surface area contributed by atoms with Crippen molar-refractivity contribution >= 4 is 11.3 Å². The molecule has 2 aromatic heterocycles. The lowest BCUT2D eigenvalue weighted by Crippen LogP contribution is -2.47. The van der Waals surface area contributed by atoms with E-state index < -0.39 is 0 Å². The van der Waals surface area contributed by atoms with E-state index in [1.54, 1.807) is 11.3 Å². The van der Waals surface area contributed by atoms with Crippen molar-refractivity contribution in [2.24, 2.45) is 5.92 Å². The van der Waals surface area contributed by atoms with Crippen molar-refractivity contribution in [2.75, 3.05) is 26.2 Å². The van der Waals surface area contributed by atoms with Crippen molar-refractivity contribution in [2.45, 2.75) is 39.4 Å². The molecule has 154 valence electrons. The second kappa shape index (κ2) is 9.61. The standard InChI is InChI=1S/C22H30N6S/c1-18(2)15-21(22-23-24-25-28(22)17-20-9-6-14-29-20)27-12-10-26(11-13-27)16-19-7-4-3-5-8-19/h3-9,14,18,21H,10-13,15-17H2,1-2H3. The van der Waals surface area contributed by atoms with Crippen LogP contribution in [-0.2, 0) is 13.1 Å². The number of rotatable bonds is 8. The Balaban J connectivity index is 1.44. The van der Waals surface area contributed by atoms with Gasteiger partial charge in [0.1, 0.15) is 0 Å². The third-order valence-corrected chi connectivity index (χ3v) is 6.40. The van der Waals surface area contributed by atoms with Gasteiger partial charge in [-0.05, 0) is 39.8 Å². The van der Waals surface area contributed by atoms with Crippen molar-refractivity contribution < 1.29 is 0 Å². The van der Waals surface area contributed by atoms with Crippen LogP contribution in [0.25, 0.3) is 0 Å². The smallest absolute Gasteiger partial charge is 0.168 e. The quantitative estimate of drug-likeness (QED) is 0.567. The number of hydrogen-bond acceptors (Lipinski definition) is 6. The minimum Gasteiger partial charge on any atom is -0.297 e. The highest BCUT2D eigenvalue weighted by molar-refractivity contribution is 7.09. The Morgan fingerprint density at radius 1 is 0.966 bits per heavy atom. The average Bonchev–Trinajstić information content (AvgIpc) is 3.40. The molecule has 29 heavy (non-hydrogen) atoms. The summed E-state index contributed by atoms with van der Waals surface area (Å²) in [5, 5.41) is 14.9. The van der Waals surface area contributed by atoms with Crippen LogP contribution >= 0.6 is 11.3 Å². The molecule has 6 nitrogen and oxygen atoms in total. The van der Waals surface area contributed by atoms with Gasteiger partial charge in [0.25, 0.3) is 0 Å². The topological polar surface area (TPSA) is 50.1 Å². The van der Waals surface area contributed by atoms with E-state index in [2.05, 4.69) is 87.0 Å². The van der Waals surface area contributed by atoms with Crippen LogP contribution < -0.4 is 0 Å². The lowest BCUT2D eigenvalue weighted by Gasteiger charge is -2.39.